The summed E-state index contributed by atoms with van der Waals surface area (Å²) in [6, 6.07) is 24.6. The van der Waals surface area contributed by atoms with E-state index in [9.17, 15) is 4.79 Å². The lowest BCUT2D eigenvalue weighted by Crippen LogP contribution is -2.17. The Morgan fingerprint density at radius 3 is 2.36 bits per heavy atom. The fourth-order valence-electron chi connectivity index (χ4n) is 2.27. The second-order valence-corrected chi connectivity index (χ2v) is 7.43. The van der Waals surface area contributed by atoms with Gasteiger partial charge in [0, 0.05) is 22.1 Å². The van der Waals surface area contributed by atoms with Gasteiger partial charge in [0.1, 0.15) is 11.5 Å². The van der Waals surface area contributed by atoms with Gasteiger partial charge in [0.2, 0.25) is 5.91 Å². The number of nitrogens with zero attached hydrogens (tertiary/aromatic N) is 1. The molecular weight excluding hydrogens is 392 g/mol. The molecule has 4 nitrogen and oxygen atoms in total. The summed E-state index contributed by atoms with van der Waals surface area (Å²) in [5.41, 5.74) is 3.42. The van der Waals surface area contributed by atoms with E-state index in [2.05, 4.69) is 10.5 Å². The first kappa shape index (κ1) is 20.0. The standard InChI is InChI=1S/C22H19ClN2O2S/c23-18-8-12-21(13-9-18)28-15-14-22(26)25-24-16-17-6-10-20(11-7-17)27-19-4-2-1-3-5-19/h1-13,16H,14-15H2,(H,25,26)/b24-16-. The van der Waals surface area contributed by atoms with Crippen LogP contribution in [0.3, 0.4) is 0 Å². The van der Waals surface area contributed by atoms with Crippen molar-refractivity contribution in [3.8, 4) is 11.5 Å². The van der Waals surface area contributed by atoms with Gasteiger partial charge in [-0.25, -0.2) is 5.43 Å². The zero-order chi connectivity index (χ0) is 19.6. The van der Waals surface area contributed by atoms with Crippen molar-refractivity contribution >= 4 is 35.5 Å². The number of halogens is 1. The van der Waals surface area contributed by atoms with Crippen molar-refractivity contribution in [3.05, 3.63) is 89.4 Å². The predicted octanol–water partition coefficient (Wildman–Crippen LogP) is 5.76. The number of carbonyl (C=O) groups is 1. The smallest absolute Gasteiger partial charge is 0.240 e. The molecule has 0 bridgehead atoms. The third-order valence-electron chi connectivity index (χ3n) is 3.67. The summed E-state index contributed by atoms with van der Waals surface area (Å²) in [5.74, 6) is 2.08. The van der Waals surface area contributed by atoms with E-state index < -0.39 is 0 Å². The number of carbonyl (C=O) groups excluding carboxylic acids is 1. The number of thioether (sulfide) groups is 1. The number of benzene rings is 3. The summed E-state index contributed by atoms with van der Waals surface area (Å²) >= 11 is 7.46. The fourth-order valence-corrected chi connectivity index (χ4v) is 3.25. The number of ether oxygens (including phenoxy) is 1. The molecule has 6 heteroatoms. The van der Waals surface area contributed by atoms with E-state index in [4.69, 9.17) is 16.3 Å². The molecule has 28 heavy (non-hydrogen) atoms. The minimum Gasteiger partial charge on any atom is -0.457 e. The molecule has 0 aliphatic carbocycles. The van der Waals surface area contributed by atoms with Gasteiger partial charge < -0.3 is 4.74 Å². The average molecular weight is 411 g/mol. The maximum Gasteiger partial charge on any atom is 0.240 e. The van der Waals surface area contributed by atoms with Crippen LogP contribution in [0.25, 0.3) is 0 Å². The molecule has 0 unspecified atom stereocenters. The summed E-state index contributed by atoms with van der Waals surface area (Å²) in [6.45, 7) is 0. The first-order valence-corrected chi connectivity index (χ1v) is 10.1. The van der Waals surface area contributed by atoms with Crippen LogP contribution in [-0.2, 0) is 4.79 Å². The van der Waals surface area contributed by atoms with Crippen molar-refractivity contribution in [1.82, 2.24) is 5.43 Å². The van der Waals surface area contributed by atoms with Gasteiger partial charge in [-0.05, 0) is 66.2 Å². The molecule has 0 saturated carbocycles. The van der Waals surface area contributed by atoms with Crippen molar-refractivity contribution in [2.24, 2.45) is 5.10 Å². The van der Waals surface area contributed by atoms with Crippen LogP contribution in [0.4, 0.5) is 0 Å². The zero-order valence-electron chi connectivity index (χ0n) is 15.0. The van der Waals surface area contributed by atoms with Crippen molar-refractivity contribution in [3.63, 3.8) is 0 Å². The van der Waals surface area contributed by atoms with E-state index in [0.29, 0.717) is 17.2 Å². The van der Waals surface area contributed by atoms with Gasteiger partial charge in [0.05, 0.1) is 6.21 Å². The Morgan fingerprint density at radius 2 is 1.64 bits per heavy atom. The normalized spacial score (nSPS) is 10.8. The molecule has 0 aliphatic heterocycles. The highest BCUT2D eigenvalue weighted by Crippen LogP contribution is 2.21. The Bertz CT molecular complexity index is 914. The van der Waals surface area contributed by atoms with Gasteiger partial charge in [-0.3, -0.25) is 4.79 Å². The maximum absolute atomic E-state index is 11.9. The fraction of sp³-hybridized carbons (Fsp3) is 0.0909. The number of hydrogen-bond donors (Lipinski definition) is 1. The Balaban J connectivity index is 1.40. The van der Waals surface area contributed by atoms with Crippen molar-refractivity contribution < 1.29 is 9.53 Å². The Morgan fingerprint density at radius 1 is 0.964 bits per heavy atom. The van der Waals surface area contributed by atoms with Gasteiger partial charge in [-0.15, -0.1) is 11.8 Å². The van der Waals surface area contributed by atoms with Crippen LogP contribution in [0.15, 0.2) is 88.9 Å². The van der Waals surface area contributed by atoms with E-state index in [0.717, 1.165) is 22.0 Å². The molecule has 0 radical (unpaired) electrons. The van der Waals surface area contributed by atoms with Crippen LogP contribution in [0.5, 0.6) is 11.5 Å². The molecule has 3 aromatic rings. The van der Waals surface area contributed by atoms with Crippen LogP contribution < -0.4 is 10.2 Å². The number of para-hydroxylation sites is 1. The number of hydrazone groups is 1. The summed E-state index contributed by atoms with van der Waals surface area (Å²) in [6.07, 6.45) is 1.99. The second kappa shape index (κ2) is 10.5. The van der Waals surface area contributed by atoms with E-state index in [-0.39, 0.29) is 5.91 Å². The molecule has 0 saturated heterocycles. The topological polar surface area (TPSA) is 50.7 Å². The Labute approximate surface area is 173 Å². The molecule has 0 aromatic heterocycles. The summed E-state index contributed by atoms with van der Waals surface area (Å²) in [5, 5.41) is 4.71. The van der Waals surface area contributed by atoms with Gasteiger partial charge in [-0.2, -0.15) is 5.10 Å². The minimum absolute atomic E-state index is 0.123. The summed E-state index contributed by atoms with van der Waals surface area (Å²) < 4.78 is 5.74. The van der Waals surface area contributed by atoms with E-state index in [1.165, 1.54) is 0 Å². The molecule has 0 heterocycles. The van der Waals surface area contributed by atoms with Gasteiger partial charge in [0.15, 0.2) is 0 Å². The molecular formula is C22H19ClN2O2S. The SMILES string of the molecule is O=C(CCSc1ccc(Cl)cc1)N/N=C\c1ccc(Oc2ccccc2)cc1. The molecule has 1 amide bonds. The first-order valence-electron chi connectivity index (χ1n) is 8.72. The lowest BCUT2D eigenvalue weighted by atomic mass is 10.2. The monoisotopic (exact) mass is 410 g/mol. The molecule has 0 spiro atoms. The molecule has 3 rings (SSSR count). The molecule has 0 fully saturated rings. The predicted molar refractivity (Wildman–Crippen MR) is 115 cm³/mol. The number of hydrogen-bond acceptors (Lipinski definition) is 4. The number of rotatable bonds is 8. The van der Waals surface area contributed by atoms with E-state index in [1.807, 2.05) is 78.9 Å². The molecule has 1 N–H and O–H groups in total. The van der Waals surface area contributed by atoms with Crippen LogP contribution >= 0.6 is 23.4 Å². The van der Waals surface area contributed by atoms with Crippen molar-refractivity contribution in [2.75, 3.05) is 5.75 Å². The lowest BCUT2D eigenvalue weighted by molar-refractivity contribution is -0.120. The highest BCUT2D eigenvalue weighted by molar-refractivity contribution is 7.99. The molecule has 142 valence electrons. The highest BCUT2D eigenvalue weighted by Gasteiger charge is 2.01. The first-order chi connectivity index (χ1) is 13.7. The van der Waals surface area contributed by atoms with Crippen LogP contribution in [0.2, 0.25) is 5.02 Å². The largest absolute Gasteiger partial charge is 0.457 e. The van der Waals surface area contributed by atoms with Crippen molar-refractivity contribution in [2.45, 2.75) is 11.3 Å². The third-order valence-corrected chi connectivity index (χ3v) is 4.94. The van der Waals surface area contributed by atoms with E-state index >= 15 is 0 Å². The highest BCUT2D eigenvalue weighted by atomic mass is 35.5. The van der Waals surface area contributed by atoms with Crippen molar-refractivity contribution in [1.29, 1.82) is 0 Å². The second-order valence-electron chi connectivity index (χ2n) is 5.83. The molecule has 0 aliphatic rings. The Kier molecular flexibility index (Phi) is 7.53. The van der Waals surface area contributed by atoms with Gasteiger partial charge in [0.25, 0.3) is 0 Å². The van der Waals surface area contributed by atoms with Crippen LogP contribution in [0.1, 0.15) is 12.0 Å². The quantitative estimate of drug-likeness (QED) is 0.291. The molecule has 3 aromatic carbocycles. The van der Waals surface area contributed by atoms with E-state index in [1.54, 1.807) is 18.0 Å². The number of amides is 1. The Hall–Kier alpha value is -2.76. The van der Waals surface area contributed by atoms with Gasteiger partial charge >= 0.3 is 0 Å². The maximum atomic E-state index is 11.9. The zero-order valence-corrected chi connectivity index (χ0v) is 16.6. The molecule has 0 atom stereocenters. The van der Waals surface area contributed by atoms with Crippen LogP contribution in [0, 0.1) is 0 Å². The summed E-state index contributed by atoms with van der Waals surface area (Å²) in [4.78, 5) is 12.9. The minimum atomic E-state index is -0.123. The van der Waals surface area contributed by atoms with Gasteiger partial charge in [-0.1, -0.05) is 29.8 Å². The summed E-state index contributed by atoms with van der Waals surface area (Å²) in [7, 11) is 0. The van der Waals surface area contributed by atoms with Crippen LogP contribution in [-0.4, -0.2) is 17.9 Å². The number of nitrogens with one attached hydrogen (secondary N) is 1. The lowest BCUT2D eigenvalue weighted by Gasteiger charge is -2.05. The average Bonchev–Trinajstić information content (AvgIpc) is 2.72. The third kappa shape index (κ3) is 6.76.